The van der Waals surface area contributed by atoms with Gasteiger partial charge in [0, 0.05) is 50.5 Å². The second-order valence-corrected chi connectivity index (χ2v) is 9.33. The Morgan fingerprint density at radius 3 is 2.50 bits per heavy atom. The zero-order valence-electron chi connectivity index (χ0n) is 18.9. The normalized spacial score (nSPS) is 18.6. The van der Waals surface area contributed by atoms with Gasteiger partial charge in [-0.25, -0.2) is 0 Å². The lowest BCUT2D eigenvalue weighted by molar-refractivity contribution is -0.133. The molecule has 0 radical (unpaired) electrons. The van der Waals surface area contributed by atoms with E-state index in [4.69, 9.17) is 4.74 Å². The summed E-state index contributed by atoms with van der Waals surface area (Å²) in [5, 5.41) is 3.11. The number of hydrogen-bond donors (Lipinski definition) is 1. The Morgan fingerprint density at radius 2 is 1.90 bits per heavy atom. The zero-order chi connectivity index (χ0) is 21.2. The van der Waals surface area contributed by atoms with Gasteiger partial charge in [-0.05, 0) is 33.3 Å². The van der Waals surface area contributed by atoms with Crippen molar-refractivity contribution < 1.29 is 14.3 Å². The van der Waals surface area contributed by atoms with Gasteiger partial charge in [-0.15, -0.1) is 12.4 Å². The quantitative estimate of drug-likeness (QED) is 0.785. The highest BCUT2D eigenvalue weighted by molar-refractivity contribution is 5.85. The van der Waals surface area contributed by atoms with Crippen molar-refractivity contribution in [1.82, 2.24) is 15.1 Å². The molecule has 2 aliphatic rings. The maximum atomic E-state index is 12.4. The lowest BCUT2D eigenvalue weighted by Gasteiger charge is -2.42. The van der Waals surface area contributed by atoms with E-state index in [-0.39, 0.29) is 35.4 Å². The number of nitrogens with one attached hydrogen (secondary N) is 1. The molecule has 1 aromatic carbocycles. The first kappa shape index (κ1) is 24.5. The second kappa shape index (κ2) is 9.56. The van der Waals surface area contributed by atoms with Gasteiger partial charge in [0.25, 0.3) is 0 Å². The van der Waals surface area contributed by atoms with Gasteiger partial charge in [0.1, 0.15) is 11.4 Å². The molecular weight excluding hydrogens is 402 g/mol. The van der Waals surface area contributed by atoms with E-state index >= 15 is 0 Å². The molecule has 2 amide bonds. The Labute approximate surface area is 186 Å². The predicted octanol–water partition coefficient (Wildman–Crippen LogP) is 3.30. The number of likely N-dealkylation sites (tertiary alicyclic amines) is 1. The summed E-state index contributed by atoms with van der Waals surface area (Å²) in [6, 6.07) is 6.20. The fourth-order valence-corrected chi connectivity index (χ4v) is 4.12. The third kappa shape index (κ3) is 5.88. The van der Waals surface area contributed by atoms with Crippen molar-refractivity contribution in [1.29, 1.82) is 0 Å². The van der Waals surface area contributed by atoms with Crippen molar-refractivity contribution >= 4 is 24.2 Å². The molecule has 0 saturated carbocycles. The van der Waals surface area contributed by atoms with E-state index in [1.54, 1.807) is 6.92 Å². The molecule has 0 atom stereocenters. The largest absolute Gasteiger partial charge is 0.485 e. The van der Waals surface area contributed by atoms with Crippen LogP contribution in [-0.2, 0) is 16.1 Å². The molecule has 30 heavy (non-hydrogen) atoms. The van der Waals surface area contributed by atoms with Crippen molar-refractivity contribution in [3.8, 4) is 5.75 Å². The number of halogens is 1. The first-order chi connectivity index (χ1) is 13.6. The fourth-order valence-electron chi connectivity index (χ4n) is 4.12. The van der Waals surface area contributed by atoms with Crippen LogP contribution in [0.4, 0.5) is 0 Å². The highest BCUT2D eigenvalue weighted by Crippen LogP contribution is 2.36. The standard InChI is InChI=1S/C23H35N3O3.ClH/c1-6-22(4,5)24-21(28)15-25-11-9-23(10-12-25)16-26(18(3)27)14-19-13-17(2)7-8-20(19)29-23;/h7-8,13H,6,9-12,14-16H2,1-5H3,(H,24,28);1H. The Balaban J connectivity index is 0.00000320. The summed E-state index contributed by atoms with van der Waals surface area (Å²) in [6.07, 6.45) is 2.50. The van der Waals surface area contributed by atoms with E-state index < -0.39 is 0 Å². The number of nitrogens with zero attached hydrogens (tertiary/aromatic N) is 2. The number of carbonyl (C=O) groups excluding carboxylic acids is 2. The summed E-state index contributed by atoms with van der Waals surface area (Å²) in [4.78, 5) is 28.7. The lowest BCUT2D eigenvalue weighted by Crippen LogP contribution is -2.55. The number of fused-ring (bicyclic) bond motifs is 1. The monoisotopic (exact) mass is 437 g/mol. The zero-order valence-corrected chi connectivity index (χ0v) is 19.7. The number of rotatable bonds is 4. The van der Waals surface area contributed by atoms with Crippen LogP contribution in [0.3, 0.4) is 0 Å². The van der Waals surface area contributed by atoms with E-state index in [2.05, 4.69) is 36.2 Å². The summed E-state index contributed by atoms with van der Waals surface area (Å²) in [6.45, 7) is 13.0. The van der Waals surface area contributed by atoms with Gasteiger partial charge in [0.2, 0.25) is 11.8 Å². The van der Waals surface area contributed by atoms with Crippen LogP contribution in [-0.4, -0.2) is 58.9 Å². The summed E-state index contributed by atoms with van der Waals surface area (Å²) in [5.74, 6) is 1.03. The Hall–Kier alpha value is -1.79. The van der Waals surface area contributed by atoms with Gasteiger partial charge in [-0.2, -0.15) is 0 Å². The van der Waals surface area contributed by atoms with Crippen molar-refractivity contribution in [2.75, 3.05) is 26.2 Å². The van der Waals surface area contributed by atoms with Crippen LogP contribution < -0.4 is 10.1 Å². The highest BCUT2D eigenvalue weighted by Gasteiger charge is 2.41. The topological polar surface area (TPSA) is 61.9 Å². The SMILES string of the molecule is CCC(C)(C)NC(=O)CN1CCC2(CC1)CN(C(C)=O)Cc1cc(C)ccc1O2.Cl. The molecule has 2 aliphatic heterocycles. The van der Waals surface area contributed by atoms with Crippen LogP contribution in [0.5, 0.6) is 5.75 Å². The lowest BCUT2D eigenvalue weighted by atomic mass is 9.90. The maximum Gasteiger partial charge on any atom is 0.234 e. The molecule has 3 rings (SSSR count). The Morgan fingerprint density at radius 1 is 1.23 bits per heavy atom. The van der Waals surface area contributed by atoms with Gasteiger partial charge >= 0.3 is 0 Å². The van der Waals surface area contributed by atoms with Crippen LogP contribution in [0.1, 0.15) is 58.1 Å². The Kier molecular flexibility index (Phi) is 7.80. The number of piperidine rings is 1. The molecule has 0 unspecified atom stereocenters. The van der Waals surface area contributed by atoms with Gasteiger partial charge in [-0.3, -0.25) is 14.5 Å². The van der Waals surface area contributed by atoms with Crippen LogP contribution in [0, 0.1) is 6.92 Å². The molecule has 2 heterocycles. The Bertz CT molecular complexity index is 773. The van der Waals surface area contributed by atoms with Gasteiger partial charge < -0.3 is 15.0 Å². The number of ether oxygens (including phenoxy) is 1. The van der Waals surface area contributed by atoms with Gasteiger partial charge in [-0.1, -0.05) is 24.6 Å². The predicted molar refractivity (Wildman–Crippen MR) is 121 cm³/mol. The first-order valence-corrected chi connectivity index (χ1v) is 10.7. The van der Waals surface area contributed by atoms with Crippen LogP contribution in [0.25, 0.3) is 0 Å². The average Bonchev–Trinajstić information content (AvgIpc) is 2.80. The van der Waals surface area contributed by atoms with Crippen LogP contribution in [0.15, 0.2) is 18.2 Å². The van der Waals surface area contributed by atoms with Crippen molar-refractivity contribution in [3.63, 3.8) is 0 Å². The molecule has 1 N–H and O–H groups in total. The van der Waals surface area contributed by atoms with E-state index in [0.717, 1.165) is 43.7 Å². The summed E-state index contributed by atoms with van der Waals surface area (Å²) in [7, 11) is 0. The molecule has 1 aromatic rings. The molecule has 1 saturated heterocycles. The molecule has 7 heteroatoms. The third-order valence-corrected chi connectivity index (χ3v) is 6.32. The van der Waals surface area contributed by atoms with Crippen molar-refractivity contribution in [2.24, 2.45) is 0 Å². The van der Waals surface area contributed by atoms with Crippen molar-refractivity contribution in [2.45, 2.75) is 71.6 Å². The number of aryl methyl sites for hydroxylation is 1. The highest BCUT2D eigenvalue weighted by atomic mass is 35.5. The molecule has 0 aliphatic carbocycles. The second-order valence-electron chi connectivity index (χ2n) is 9.33. The molecule has 1 spiro atoms. The molecular formula is C23H36ClN3O3. The third-order valence-electron chi connectivity index (χ3n) is 6.32. The van der Waals surface area contributed by atoms with E-state index in [1.165, 1.54) is 5.56 Å². The minimum atomic E-state index is -0.387. The minimum Gasteiger partial charge on any atom is -0.485 e. The molecule has 168 valence electrons. The molecule has 6 nitrogen and oxygen atoms in total. The van der Waals surface area contributed by atoms with Crippen LogP contribution in [0.2, 0.25) is 0 Å². The van der Waals surface area contributed by atoms with E-state index in [1.807, 2.05) is 24.8 Å². The summed E-state index contributed by atoms with van der Waals surface area (Å²) >= 11 is 0. The fraction of sp³-hybridized carbons (Fsp3) is 0.652. The smallest absolute Gasteiger partial charge is 0.234 e. The number of amides is 2. The van der Waals surface area contributed by atoms with E-state index in [9.17, 15) is 9.59 Å². The minimum absolute atomic E-state index is 0. The molecule has 0 bridgehead atoms. The van der Waals surface area contributed by atoms with Gasteiger partial charge in [0.05, 0.1) is 13.1 Å². The summed E-state index contributed by atoms with van der Waals surface area (Å²) < 4.78 is 6.55. The molecule has 0 aromatic heterocycles. The number of hydrogen-bond acceptors (Lipinski definition) is 4. The maximum absolute atomic E-state index is 12.4. The van der Waals surface area contributed by atoms with Crippen molar-refractivity contribution in [3.05, 3.63) is 29.3 Å². The van der Waals surface area contributed by atoms with Crippen LogP contribution >= 0.6 is 12.4 Å². The van der Waals surface area contributed by atoms with E-state index in [0.29, 0.717) is 19.6 Å². The molecule has 1 fully saturated rings. The average molecular weight is 438 g/mol. The summed E-state index contributed by atoms with van der Waals surface area (Å²) in [5.41, 5.74) is 1.67. The number of benzene rings is 1. The van der Waals surface area contributed by atoms with Gasteiger partial charge in [0.15, 0.2) is 0 Å². The number of carbonyl (C=O) groups is 2. The first-order valence-electron chi connectivity index (χ1n) is 10.7.